The summed E-state index contributed by atoms with van der Waals surface area (Å²) >= 11 is 0. The SMILES string of the molecule is CC(O)C1CCN(CC(=O)NCC2(c3ccc(F)cc3)CCCC2)C1. The monoisotopic (exact) mass is 348 g/mol. The van der Waals surface area contributed by atoms with Gasteiger partial charge in [-0.2, -0.15) is 0 Å². The molecule has 2 atom stereocenters. The van der Waals surface area contributed by atoms with Gasteiger partial charge in [-0.05, 0) is 56.3 Å². The molecule has 138 valence electrons. The number of likely N-dealkylation sites (tertiary alicyclic amines) is 1. The number of benzene rings is 1. The van der Waals surface area contributed by atoms with Crippen LogP contribution in [-0.2, 0) is 10.2 Å². The zero-order valence-corrected chi connectivity index (χ0v) is 15.0. The number of halogens is 1. The quantitative estimate of drug-likeness (QED) is 0.830. The van der Waals surface area contributed by atoms with Crippen LogP contribution in [0.3, 0.4) is 0 Å². The molecule has 2 unspecified atom stereocenters. The lowest BCUT2D eigenvalue weighted by Crippen LogP contribution is -2.43. The van der Waals surface area contributed by atoms with E-state index in [0.717, 1.165) is 50.8 Å². The minimum atomic E-state index is -0.312. The fourth-order valence-corrected chi connectivity index (χ4v) is 4.35. The predicted octanol–water partition coefficient (Wildman–Crippen LogP) is 2.46. The lowest BCUT2D eigenvalue weighted by atomic mass is 9.79. The summed E-state index contributed by atoms with van der Waals surface area (Å²) in [5.41, 5.74) is 1.07. The molecule has 5 heteroatoms. The Morgan fingerprint density at radius 3 is 2.64 bits per heavy atom. The Bertz CT molecular complexity index is 582. The fourth-order valence-electron chi connectivity index (χ4n) is 4.35. The van der Waals surface area contributed by atoms with Crippen LogP contribution in [-0.4, -0.2) is 48.2 Å². The Labute approximate surface area is 149 Å². The third-order valence-electron chi connectivity index (χ3n) is 6.00. The Balaban J connectivity index is 1.55. The molecule has 3 rings (SSSR count). The van der Waals surface area contributed by atoms with Gasteiger partial charge in [0.1, 0.15) is 5.82 Å². The molecule has 1 aromatic carbocycles. The third kappa shape index (κ3) is 4.39. The number of rotatable bonds is 6. The zero-order chi connectivity index (χ0) is 17.9. The molecule has 1 aliphatic heterocycles. The highest BCUT2D eigenvalue weighted by Gasteiger charge is 2.36. The van der Waals surface area contributed by atoms with E-state index in [4.69, 9.17) is 0 Å². The van der Waals surface area contributed by atoms with Gasteiger partial charge in [0.25, 0.3) is 0 Å². The lowest BCUT2D eigenvalue weighted by Gasteiger charge is -2.30. The van der Waals surface area contributed by atoms with Crippen molar-refractivity contribution in [2.24, 2.45) is 5.92 Å². The van der Waals surface area contributed by atoms with Gasteiger partial charge in [-0.25, -0.2) is 4.39 Å². The molecule has 4 nitrogen and oxygen atoms in total. The van der Waals surface area contributed by atoms with E-state index in [9.17, 15) is 14.3 Å². The number of hydrogen-bond donors (Lipinski definition) is 2. The molecule has 2 N–H and O–H groups in total. The van der Waals surface area contributed by atoms with Gasteiger partial charge in [-0.15, -0.1) is 0 Å². The first kappa shape index (κ1) is 18.3. The van der Waals surface area contributed by atoms with Gasteiger partial charge in [-0.3, -0.25) is 9.69 Å². The molecule has 1 amide bonds. The van der Waals surface area contributed by atoms with Crippen molar-refractivity contribution in [3.05, 3.63) is 35.6 Å². The molecule has 0 aromatic heterocycles. The molecule has 0 bridgehead atoms. The van der Waals surface area contributed by atoms with E-state index >= 15 is 0 Å². The Morgan fingerprint density at radius 2 is 2.04 bits per heavy atom. The maximum atomic E-state index is 13.2. The van der Waals surface area contributed by atoms with Crippen LogP contribution >= 0.6 is 0 Å². The van der Waals surface area contributed by atoms with Gasteiger partial charge < -0.3 is 10.4 Å². The van der Waals surface area contributed by atoms with E-state index in [1.165, 1.54) is 12.1 Å². The highest BCUT2D eigenvalue weighted by molar-refractivity contribution is 5.78. The number of amides is 1. The van der Waals surface area contributed by atoms with Crippen LogP contribution in [0.2, 0.25) is 0 Å². The zero-order valence-electron chi connectivity index (χ0n) is 15.0. The van der Waals surface area contributed by atoms with E-state index < -0.39 is 0 Å². The average Bonchev–Trinajstić information content (AvgIpc) is 3.24. The van der Waals surface area contributed by atoms with Crippen LogP contribution < -0.4 is 5.32 Å². The van der Waals surface area contributed by atoms with E-state index in [1.54, 1.807) is 0 Å². The molecule has 1 saturated carbocycles. The maximum absolute atomic E-state index is 13.2. The molecule has 1 saturated heterocycles. The van der Waals surface area contributed by atoms with Gasteiger partial charge in [0.2, 0.25) is 5.91 Å². The highest BCUT2D eigenvalue weighted by atomic mass is 19.1. The van der Waals surface area contributed by atoms with Gasteiger partial charge in [0.15, 0.2) is 0 Å². The maximum Gasteiger partial charge on any atom is 0.234 e. The summed E-state index contributed by atoms with van der Waals surface area (Å²) in [7, 11) is 0. The number of nitrogens with zero attached hydrogens (tertiary/aromatic N) is 1. The molecule has 1 heterocycles. The Hall–Kier alpha value is -1.46. The van der Waals surface area contributed by atoms with Crippen molar-refractivity contribution in [1.29, 1.82) is 0 Å². The van der Waals surface area contributed by atoms with Crippen LogP contribution in [0.15, 0.2) is 24.3 Å². The van der Waals surface area contributed by atoms with Crippen molar-refractivity contribution in [3.8, 4) is 0 Å². The van der Waals surface area contributed by atoms with E-state index in [0.29, 0.717) is 13.1 Å². The summed E-state index contributed by atoms with van der Waals surface area (Å²) in [5.74, 6) is 0.0930. The summed E-state index contributed by atoms with van der Waals surface area (Å²) in [6.45, 7) is 4.48. The van der Waals surface area contributed by atoms with Crippen LogP contribution in [0.1, 0.15) is 44.6 Å². The first-order valence-corrected chi connectivity index (χ1v) is 9.42. The van der Waals surface area contributed by atoms with Crippen molar-refractivity contribution < 1.29 is 14.3 Å². The molecular weight excluding hydrogens is 319 g/mol. The third-order valence-corrected chi connectivity index (χ3v) is 6.00. The minimum absolute atomic E-state index is 0.0413. The number of nitrogens with one attached hydrogen (secondary N) is 1. The number of carbonyl (C=O) groups excluding carboxylic acids is 1. The van der Waals surface area contributed by atoms with Crippen molar-refractivity contribution in [2.75, 3.05) is 26.2 Å². The summed E-state index contributed by atoms with van der Waals surface area (Å²) in [6, 6.07) is 6.75. The smallest absolute Gasteiger partial charge is 0.234 e. The standard InChI is InChI=1S/C20H29FN2O2/c1-15(24)16-8-11-23(12-16)13-19(25)22-14-20(9-2-3-10-20)17-4-6-18(21)7-5-17/h4-7,15-16,24H,2-3,8-14H2,1H3,(H,22,25). The van der Waals surface area contributed by atoms with Crippen LogP contribution in [0.4, 0.5) is 4.39 Å². The van der Waals surface area contributed by atoms with Gasteiger partial charge in [0.05, 0.1) is 12.6 Å². The molecule has 0 spiro atoms. The van der Waals surface area contributed by atoms with Gasteiger partial charge in [0, 0.05) is 18.5 Å². The lowest BCUT2D eigenvalue weighted by molar-refractivity contribution is -0.122. The average molecular weight is 348 g/mol. The minimum Gasteiger partial charge on any atom is -0.393 e. The number of aliphatic hydroxyl groups excluding tert-OH is 1. The summed E-state index contributed by atoms with van der Waals surface area (Å²) in [4.78, 5) is 14.5. The summed E-state index contributed by atoms with van der Waals surface area (Å²) in [5, 5.41) is 12.8. The first-order chi connectivity index (χ1) is 12.0. The molecule has 25 heavy (non-hydrogen) atoms. The van der Waals surface area contributed by atoms with Crippen LogP contribution in [0.25, 0.3) is 0 Å². The molecule has 1 aliphatic carbocycles. The van der Waals surface area contributed by atoms with E-state index in [-0.39, 0.29) is 29.2 Å². The van der Waals surface area contributed by atoms with Crippen molar-refractivity contribution in [3.63, 3.8) is 0 Å². The van der Waals surface area contributed by atoms with Crippen molar-refractivity contribution in [1.82, 2.24) is 10.2 Å². The highest BCUT2D eigenvalue weighted by Crippen LogP contribution is 2.40. The number of aliphatic hydroxyl groups is 1. The first-order valence-electron chi connectivity index (χ1n) is 9.42. The Kier molecular flexibility index (Phi) is 5.74. The molecule has 0 radical (unpaired) electrons. The van der Waals surface area contributed by atoms with E-state index in [1.807, 2.05) is 19.1 Å². The molecule has 2 aliphatic rings. The fraction of sp³-hybridized carbons (Fsp3) is 0.650. The normalized spacial score (nSPS) is 24.4. The largest absolute Gasteiger partial charge is 0.393 e. The Morgan fingerprint density at radius 1 is 1.36 bits per heavy atom. The van der Waals surface area contributed by atoms with Crippen LogP contribution in [0, 0.1) is 11.7 Å². The second-order valence-electron chi connectivity index (χ2n) is 7.80. The topological polar surface area (TPSA) is 52.6 Å². The molecule has 1 aromatic rings. The van der Waals surface area contributed by atoms with Crippen LogP contribution in [0.5, 0.6) is 0 Å². The van der Waals surface area contributed by atoms with Gasteiger partial charge in [-0.1, -0.05) is 25.0 Å². The molecular formula is C20H29FN2O2. The summed E-state index contributed by atoms with van der Waals surface area (Å²) in [6.07, 6.45) is 5.00. The molecule has 2 fully saturated rings. The number of carbonyl (C=O) groups is 1. The number of hydrogen-bond acceptors (Lipinski definition) is 3. The predicted molar refractivity (Wildman–Crippen MR) is 95.8 cm³/mol. The van der Waals surface area contributed by atoms with Crippen molar-refractivity contribution >= 4 is 5.91 Å². The second kappa shape index (κ2) is 7.83. The van der Waals surface area contributed by atoms with E-state index in [2.05, 4.69) is 10.2 Å². The van der Waals surface area contributed by atoms with Crippen molar-refractivity contribution in [2.45, 2.75) is 50.5 Å². The second-order valence-corrected chi connectivity index (χ2v) is 7.80. The van der Waals surface area contributed by atoms with Gasteiger partial charge >= 0.3 is 0 Å². The summed E-state index contributed by atoms with van der Waals surface area (Å²) < 4.78 is 13.2.